The van der Waals surface area contributed by atoms with Gasteiger partial charge < -0.3 is 23.7 Å². The molecule has 0 aliphatic rings. The van der Waals surface area contributed by atoms with E-state index in [-0.39, 0.29) is 29.5 Å². The van der Waals surface area contributed by atoms with Crippen molar-refractivity contribution in [2.24, 2.45) is 0 Å². The number of esters is 2. The second kappa shape index (κ2) is 12.4. The highest BCUT2D eigenvalue weighted by molar-refractivity contribution is 6.00. The summed E-state index contributed by atoms with van der Waals surface area (Å²) in [5.74, 6) is -0.670. The van der Waals surface area contributed by atoms with Crippen LogP contribution in [0.5, 0.6) is 17.2 Å². The van der Waals surface area contributed by atoms with Gasteiger partial charge in [0.15, 0.2) is 18.8 Å². The van der Waals surface area contributed by atoms with Crippen LogP contribution in [0.15, 0.2) is 72.8 Å². The molecule has 0 bridgehead atoms. The quantitative estimate of drug-likeness (QED) is 0.285. The van der Waals surface area contributed by atoms with Gasteiger partial charge in [-0.15, -0.1) is 0 Å². The van der Waals surface area contributed by atoms with Crippen LogP contribution in [0, 0.1) is 0 Å². The van der Waals surface area contributed by atoms with Gasteiger partial charge in [-0.2, -0.15) is 0 Å². The van der Waals surface area contributed by atoms with E-state index >= 15 is 0 Å². The molecule has 8 nitrogen and oxygen atoms in total. The molecule has 0 spiro atoms. The van der Waals surface area contributed by atoms with E-state index in [4.69, 9.17) is 18.9 Å². The molecule has 0 aliphatic carbocycles. The molecule has 8 heteroatoms. The highest BCUT2D eigenvalue weighted by Gasteiger charge is 2.22. The van der Waals surface area contributed by atoms with Gasteiger partial charge >= 0.3 is 11.9 Å². The van der Waals surface area contributed by atoms with Gasteiger partial charge in [-0.1, -0.05) is 42.5 Å². The maximum atomic E-state index is 13.0. The van der Waals surface area contributed by atoms with Crippen LogP contribution in [0.1, 0.15) is 24.2 Å². The number of carbonyl (C=O) groups excluding carboxylic acids is 3. The van der Waals surface area contributed by atoms with Gasteiger partial charge in [0, 0.05) is 6.07 Å². The van der Waals surface area contributed by atoms with E-state index in [0.717, 1.165) is 11.1 Å². The average molecular weight is 493 g/mol. The molecule has 36 heavy (non-hydrogen) atoms. The summed E-state index contributed by atoms with van der Waals surface area (Å²) in [5, 5.41) is 0. The molecule has 0 fully saturated rings. The van der Waals surface area contributed by atoms with Crippen molar-refractivity contribution in [3.05, 3.63) is 78.4 Å². The molecule has 0 amide bonds. The van der Waals surface area contributed by atoms with E-state index in [0.29, 0.717) is 5.75 Å². The van der Waals surface area contributed by atoms with Crippen LogP contribution in [0.2, 0.25) is 0 Å². The molecule has 0 aliphatic heterocycles. The molecular weight excluding hydrogens is 464 g/mol. The Kier molecular flexibility index (Phi) is 9.05. The minimum atomic E-state index is -0.985. The van der Waals surface area contributed by atoms with E-state index < -0.39 is 24.1 Å². The third-order valence-corrected chi connectivity index (χ3v) is 5.27. The molecule has 188 valence electrons. The second-order valence-electron chi connectivity index (χ2n) is 7.83. The molecule has 2 unspecified atom stereocenters. The zero-order valence-corrected chi connectivity index (χ0v) is 20.6. The highest BCUT2D eigenvalue weighted by Crippen LogP contribution is 2.28. The number of benzene rings is 3. The third-order valence-electron chi connectivity index (χ3n) is 5.27. The Bertz CT molecular complexity index is 1190. The minimum Gasteiger partial charge on any atom is -0.485 e. The van der Waals surface area contributed by atoms with Crippen LogP contribution >= 0.6 is 0 Å². The van der Waals surface area contributed by atoms with Crippen LogP contribution in [-0.4, -0.2) is 50.8 Å². The zero-order valence-electron chi connectivity index (χ0n) is 20.6. The molecule has 3 aromatic carbocycles. The van der Waals surface area contributed by atoms with E-state index in [1.54, 1.807) is 12.1 Å². The second-order valence-corrected chi connectivity index (χ2v) is 7.83. The average Bonchev–Trinajstić information content (AvgIpc) is 2.91. The Morgan fingerprint density at radius 1 is 0.694 bits per heavy atom. The summed E-state index contributed by atoms with van der Waals surface area (Å²) in [6, 6.07) is 21.7. The van der Waals surface area contributed by atoms with Gasteiger partial charge in [-0.05, 0) is 49.2 Å². The molecule has 0 aromatic heterocycles. The summed E-state index contributed by atoms with van der Waals surface area (Å²) in [6.07, 6.45) is -1.87. The lowest BCUT2D eigenvalue weighted by molar-refractivity contribution is -0.148. The van der Waals surface area contributed by atoms with Crippen molar-refractivity contribution in [2.75, 3.05) is 20.8 Å². The van der Waals surface area contributed by atoms with Gasteiger partial charge in [-0.25, -0.2) is 9.59 Å². The van der Waals surface area contributed by atoms with Crippen molar-refractivity contribution in [1.82, 2.24) is 0 Å². The van der Waals surface area contributed by atoms with Crippen LogP contribution in [0.3, 0.4) is 0 Å². The molecule has 3 aromatic rings. The van der Waals surface area contributed by atoms with E-state index in [1.807, 2.05) is 42.5 Å². The van der Waals surface area contributed by atoms with Crippen LogP contribution in [0.4, 0.5) is 0 Å². The molecule has 0 saturated heterocycles. The highest BCUT2D eigenvalue weighted by atomic mass is 16.6. The first-order valence-corrected chi connectivity index (χ1v) is 11.3. The van der Waals surface area contributed by atoms with E-state index in [9.17, 15) is 14.4 Å². The molecule has 0 heterocycles. The van der Waals surface area contributed by atoms with Crippen molar-refractivity contribution < 1.29 is 38.1 Å². The number of carbonyl (C=O) groups is 3. The summed E-state index contributed by atoms with van der Waals surface area (Å²) in [6.45, 7) is 2.77. The van der Waals surface area contributed by atoms with Gasteiger partial charge in [-0.3, -0.25) is 4.79 Å². The van der Waals surface area contributed by atoms with Crippen molar-refractivity contribution >= 4 is 17.7 Å². The molecule has 3 rings (SSSR count). The van der Waals surface area contributed by atoms with Crippen molar-refractivity contribution in [2.45, 2.75) is 26.1 Å². The first-order chi connectivity index (χ1) is 17.3. The SMILES string of the molecule is COC(=O)C(C)Oc1ccc(C(=O)COc2ccc(-c3ccccc3)cc2)c(OC(C)C(=O)OC)c1. The number of Topliss-reactive ketones (excluding diaryl/α,β-unsaturated/α-hetero) is 1. The fourth-order valence-electron chi connectivity index (χ4n) is 3.33. The number of hydrogen-bond acceptors (Lipinski definition) is 8. The Morgan fingerprint density at radius 2 is 1.25 bits per heavy atom. The monoisotopic (exact) mass is 492 g/mol. The number of methoxy groups -OCH3 is 2. The Morgan fingerprint density at radius 3 is 1.86 bits per heavy atom. The number of ether oxygens (including phenoxy) is 5. The predicted molar refractivity (Wildman–Crippen MR) is 132 cm³/mol. The van der Waals surface area contributed by atoms with Gasteiger partial charge in [0.2, 0.25) is 5.78 Å². The lowest BCUT2D eigenvalue weighted by atomic mass is 10.1. The first-order valence-electron chi connectivity index (χ1n) is 11.3. The minimum absolute atomic E-state index is 0.0930. The van der Waals surface area contributed by atoms with Gasteiger partial charge in [0.05, 0.1) is 19.8 Å². The molecule has 2 atom stereocenters. The lowest BCUT2D eigenvalue weighted by Gasteiger charge is -2.18. The Hall–Kier alpha value is -4.33. The smallest absolute Gasteiger partial charge is 0.346 e. The molecule has 0 radical (unpaired) electrons. The molecular formula is C28H28O8. The van der Waals surface area contributed by atoms with E-state index in [1.165, 1.54) is 46.3 Å². The predicted octanol–water partition coefficient (Wildman–Crippen LogP) is 4.50. The number of ketones is 1. The topological polar surface area (TPSA) is 97.4 Å². The fourth-order valence-corrected chi connectivity index (χ4v) is 3.33. The van der Waals surface area contributed by atoms with E-state index in [2.05, 4.69) is 4.74 Å². The van der Waals surface area contributed by atoms with Gasteiger partial charge in [0.1, 0.15) is 17.2 Å². The maximum absolute atomic E-state index is 13.0. The van der Waals surface area contributed by atoms with Crippen LogP contribution in [0.25, 0.3) is 11.1 Å². The third kappa shape index (κ3) is 6.85. The summed E-state index contributed by atoms with van der Waals surface area (Å²) < 4.78 is 26.3. The lowest BCUT2D eigenvalue weighted by Crippen LogP contribution is -2.27. The number of hydrogen-bond donors (Lipinski definition) is 0. The van der Waals surface area contributed by atoms with Gasteiger partial charge in [0.25, 0.3) is 0 Å². The summed E-state index contributed by atoms with van der Waals surface area (Å²) >= 11 is 0. The Balaban J connectivity index is 1.75. The first kappa shape index (κ1) is 26.3. The molecule has 0 N–H and O–H groups in total. The Labute approximate surface area is 209 Å². The standard InChI is InChI=1S/C28H28O8/c1-18(27(30)32-3)35-23-14-15-24(26(16-23)36-19(2)28(31)33-4)25(29)17-34-22-12-10-21(11-13-22)20-8-6-5-7-9-20/h5-16,18-19H,17H2,1-4H3. The maximum Gasteiger partial charge on any atom is 0.346 e. The number of rotatable bonds is 11. The normalized spacial score (nSPS) is 12.1. The van der Waals surface area contributed by atoms with Crippen molar-refractivity contribution in [3.63, 3.8) is 0 Å². The van der Waals surface area contributed by atoms with Crippen molar-refractivity contribution in [1.29, 1.82) is 0 Å². The summed E-state index contributed by atoms with van der Waals surface area (Å²) in [4.78, 5) is 36.6. The largest absolute Gasteiger partial charge is 0.485 e. The van der Waals surface area contributed by atoms with Crippen LogP contribution in [-0.2, 0) is 19.1 Å². The summed E-state index contributed by atoms with van der Waals surface area (Å²) in [7, 11) is 2.49. The van der Waals surface area contributed by atoms with Crippen molar-refractivity contribution in [3.8, 4) is 28.4 Å². The van der Waals surface area contributed by atoms with Crippen LogP contribution < -0.4 is 14.2 Å². The molecule has 0 saturated carbocycles. The summed E-state index contributed by atoms with van der Waals surface area (Å²) in [5.41, 5.74) is 2.29. The fraction of sp³-hybridized carbons (Fsp3) is 0.250. The zero-order chi connectivity index (χ0) is 26.1.